The second-order valence-corrected chi connectivity index (χ2v) is 2.71. The van der Waals surface area contributed by atoms with Crippen molar-refractivity contribution in [2.75, 3.05) is 6.61 Å². The average Bonchev–Trinajstić information content (AvgIpc) is 1.87. The molecule has 0 aliphatic carbocycles. The summed E-state index contributed by atoms with van der Waals surface area (Å²) in [6.45, 7) is 4.24. The Bertz CT molecular complexity index is 152. The predicted octanol–water partition coefficient (Wildman–Crippen LogP) is 2.16. The fourth-order valence-electron chi connectivity index (χ4n) is 0.648. The molecule has 0 bridgehead atoms. The van der Waals surface area contributed by atoms with Crippen molar-refractivity contribution in [3.8, 4) is 0 Å². The van der Waals surface area contributed by atoms with Crippen LogP contribution >= 0.6 is 12.6 Å². The molecule has 64 valence electrons. The summed E-state index contributed by atoms with van der Waals surface area (Å²) in [5, 5.41) is 0. The smallest absolute Gasteiger partial charge is 0.331 e. The number of allylic oxidation sites excluding steroid dienone is 1. The molecular formula is C8H14O2S. The van der Waals surface area contributed by atoms with Gasteiger partial charge in [-0.2, -0.15) is 0 Å². The Morgan fingerprint density at radius 2 is 2.18 bits per heavy atom. The first-order valence-corrected chi connectivity index (χ1v) is 4.21. The highest BCUT2D eigenvalue weighted by atomic mass is 32.1. The molecule has 0 aromatic rings. The van der Waals surface area contributed by atoms with Gasteiger partial charge in [0.1, 0.15) is 0 Å². The van der Waals surface area contributed by atoms with E-state index in [0.29, 0.717) is 6.61 Å². The third-order valence-electron chi connectivity index (χ3n) is 1.08. The lowest BCUT2D eigenvalue weighted by molar-refractivity contribution is -0.137. The molecule has 0 unspecified atom stereocenters. The zero-order valence-corrected chi connectivity index (χ0v) is 7.86. The minimum atomic E-state index is -0.300. The first-order chi connectivity index (χ1) is 5.20. The van der Waals surface area contributed by atoms with E-state index in [1.165, 1.54) is 6.08 Å². The lowest BCUT2D eigenvalue weighted by atomic mass is 10.3. The van der Waals surface area contributed by atoms with Crippen LogP contribution in [-0.2, 0) is 9.53 Å². The van der Waals surface area contributed by atoms with Gasteiger partial charge in [0.2, 0.25) is 0 Å². The average molecular weight is 174 g/mol. The Balaban J connectivity index is 3.76. The second kappa shape index (κ2) is 6.28. The van der Waals surface area contributed by atoms with Crippen LogP contribution in [-0.4, -0.2) is 12.6 Å². The van der Waals surface area contributed by atoms with Crippen LogP contribution in [0.25, 0.3) is 0 Å². The fourth-order valence-corrected chi connectivity index (χ4v) is 0.977. The molecule has 0 aromatic carbocycles. The largest absolute Gasteiger partial charge is 0.463 e. The van der Waals surface area contributed by atoms with E-state index in [-0.39, 0.29) is 5.97 Å². The van der Waals surface area contributed by atoms with Crippen LogP contribution in [0.5, 0.6) is 0 Å². The van der Waals surface area contributed by atoms with Crippen molar-refractivity contribution < 1.29 is 9.53 Å². The number of thiol groups is 1. The molecule has 0 aliphatic heterocycles. The molecule has 0 aliphatic rings. The standard InChI is InChI=1S/C8H14O2S/c1-3-5-7(11)6-8(9)10-4-2/h6,11H,3-5H2,1-2H3/b7-6-. The van der Waals surface area contributed by atoms with Crippen LogP contribution in [0.15, 0.2) is 11.0 Å². The van der Waals surface area contributed by atoms with Gasteiger partial charge in [0.05, 0.1) is 6.61 Å². The quantitative estimate of drug-likeness (QED) is 0.401. The lowest BCUT2D eigenvalue weighted by Gasteiger charge is -1.97. The first-order valence-electron chi connectivity index (χ1n) is 3.77. The molecule has 0 atom stereocenters. The zero-order valence-electron chi connectivity index (χ0n) is 6.96. The minimum absolute atomic E-state index is 0.300. The normalized spacial score (nSPS) is 11.4. The van der Waals surface area contributed by atoms with Crippen molar-refractivity contribution in [2.45, 2.75) is 26.7 Å². The number of esters is 1. The van der Waals surface area contributed by atoms with Gasteiger partial charge in [0, 0.05) is 6.08 Å². The van der Waals surface area contributed by atoms with Crippen molar-refractivity contribution in [3.63, 3.8) is 0 Å². The van der Waals surface area contributed by atoms with Crippen molar-refractivity contribution in [3.05, 3.63) is 11.0 Å². The highest BCUT2D eigenvalue weighted by Gasteiger charge is 1.96. The maximum atomic E-state index is 10.8. The van der Waals surface area contributed by atoms with Crippen LogP contribution in [0.2, 0.25) is 0 Å². The second-order valence-electron chi connectivity index (χ2n) is 2.14. The van der Waals surface area contributed by atoms with Crippen LogP contribution < -0.4 is 0 Å². The van der Waals surface area contributed by atoms with Gasteiger partial charge >= 0.3 is 5.97 Å². The topological polar surface area (TPSA) is 26.3 Å². The first kappa shape index (κ1) is 10.6. The number of hydrogen-bond donors (Lipinski definition) is 1. The van der Waals surface area contributed by atoms with E-state index in [2.05, 4.69) is 12.6 Å². The molecule has 0 heterocycles. The molecule has 0 saturated carbocycles. The van der Waals surface area contributed by atoms with Gasteiger partial charge in [-0.3, -0.25) is 0 Å². The Labute approximate surface area is 73.0 Å². The summed E-state index contributed by atoms with van der Waals surface area (Å²) in [7, 11) is 0. The Kier molecular flexibility index (Phi) is 6.03. The zero-order chi connectivity index (χ0) is 8.69. The van der Waals surface area contributed by atoms with Crippen molar-refractivity contribution in [1.29, 1.82) is 0 Å². The minimum Gasteiger partial charge on any atom is -0.463 e. The van der Waals surface area contributed by atoms with E-state index < -0.39 is 0 Å². The maximum Gasteiger partial charge on any atom is 0.331 e. The predicted molar refractivity (Wildman–Crippen MR) is 48.6 cm³/mol. The fraction of sp³-hybridized carbons (Fsp3) is 0.625. The van der Waals surface area contributed by atoms with Crippen LogP contribution in [0, 0.1) is 0 Å². The summed E-state index contributed by atoms with van der Waals surface area (Å²) in [5.41, 5.74) is 0. The van der Waals surface area contributed by atoms with E-state index in [1.807, 2.05) is 6.92 Å². The maximum absolute atomic E-state index is 10.8. The van der Waals surface area contributed by atoms with Gasteiger partial charge in [-0.05, 0) is 18.2 Å². The van der Waals surface area contributed by atoms with Crippen molar-refractivity contribution >= 4 is 18.6 Å². The van der Waals surface area contributed by atoms with E-state index in [4.69, 9.17) is 4.74 Å². The summed E-state index contributed by atoms with van der Waals surface area (Å²) < 4.78 is 4.69. The third-order valence-corrected chi connectivity index (χ3v) is 1.43. The summed E-state index contributed by atoms with van der Waals surface area (Å²) in [4.78, 5) is 11.6. The molecule has 0 amide bonds. The molecule has 0 rings (SSSR count). The number of rotatable bonds is 4. The Hall–Kier alpha value is -0.440. The monoisotopic (exact) mass is 174 g/mol. The third kappa shape index (κ3) is 5.98. The van der Waals surface area contributed by atoms with Crippen LogP contribution in [0.4, 0.5) is 0 Å². The van der Waals surface area contributed by atoms with Gasteiger partial charge in [0.15, 0.2) is 0 Å². The van der Waals surface area contributed by atoms with Gasteiger partial charge in [0.25, 0.3) is 0 Å². The molecule has 0 fully saturated rings. The van der Waals surface area contributed by atoms with E-state index in [9.17, 15) is 4.79 Å². The number of ether oxygens (including phenoxy) is 1. The summed E-state index contributed by atoms with van der Waals surface area (Å²) in [6.07, 6.45) is 3.26. The van der Waals surface area contributed by atoms with E-state index >= 15 is 0 Å². The lowest BCUT2D eigenvalue weighted by Crippen LogP contribution is -1.99. The molecule has 0 saturated heterocycles. The van der Waals surface area contributed by atoms with Crippen LogP contribution in [0.3, 0.4) is 0 Å². The van der Waals surface area contributed by atoms with Crippen molar-refractivity contribution in [1.82, 2.24) is 0 Å². The number of hydrogen-bond acceptors (Lipinski definition) is 3. The van der Waals surface area contributed by atoms with E-state index in [0.717, 1.165) is 17.7 Å². The van der Waals surface area contributed by atoms with E-state index in [1.54, 1.807) is 6.92 Å². The molecule has 0 N–H and O–H groups in total. The van der Waals surface area contributed by atoms with Gasteiger partial charge in [-0.25, -0.2) is 4.79 Å². The van der Waals surface area contributed by atoms with Gasteiger partial charge < -0.3 is 4.74 Å². The van der Waals surface area contributed by atoms with Crippen LogP contribution in [0.1, 0.15) is 26.7 Å². The summed E-state index contributed by atoms with van der Waals surface area (Å²) >= 11 is 4.10. The molecule has 0 spiro atoms. The highest BCUT2D eigenvalue weighted by molar-refractivity contribution is 7.84. The molecular weight excluding hydrogens is 160 g/mol. The SMILES string of the molecule is CCC/C(S)=C/C(=O)OCC. The van der Waals surface area contributed by atoms with Gasteiger partial charge in [-0.1, -0.05) is 13.3 Å². The molecule has 3 heteroatoms. The summed E-state index contributed by atoms with van der Waals surface area (Å²) in [5.74, 6) is -0.300. The highest BCUT2D eigenvalue weighted by Crippen LogP contribution is 2.08. The molecule has 0 aromatic heterocycles. The number of carbonyl (C=O) groups is 1. The van der Waals surface area contributed by atoms with Gasteiger partial charge in [-0.15, -0.1) is 12.6 Å². The Morgan fingerprint density at radius 1 is 1.55 bits per heavy atom. The molecule has 0 radical (unpaired) electrons. The Morgan fingerprint density at radius 3 is 2.64 bits per heavy atom. The molecule has 11 heavy (non-hydrogen) atoms. The molecule has 2 nitrogen and oxygen atoms in total. The van der Waals surface area contributed by atoms with Crippen molar-refractivity contribution in [2.24, 2.45) is 0 Å². The summed E-state index contributed by atoms with van der Waals surface area (Å²) in [6, 6.07) is 0. The number of carbonyl (C=O) groups excluding carboxylic acids is 1.